The molecule has 1 saturated carbocycles. The summed E-state index contributed by atoms with van der Waals surface area (Å²) in [6.07, 6.45) is 4.69. The minimum absolute atomic E-state index is 0.209. The highest BCUT2D eigenvalue weighted by atomic mass is 16.5. The van der Waals surface area contributed by atoms with Crippen molar-refractivity contribution in [3.8, 4) is 0 Å². The monoisotopic (exact) mass is 259 g/mol. The summed E-state index contributed by atoms with van der Waals surface area (Å²) in [5.41, 5.74) is -0.529. The van der Waals surface area contributed by atoms with Gasteiger partial charge in [-0.3, -0.25) is 0 Å². The van der Waals surface area contributed by atoms with Gasteiger partial charge in [0.2, 0.25) is 0 Å². The Hall–Kier alpha value is -0.200. The van der Waals surface area contributed by atoms with Crippen LogP contribution in [0.4, 0.5) is 0 Å². The Morgan fingerprint density at radius 3 is 2.83 bits per heavy atom. The topological polar surface area (TPSA) is 71.0 Å². The Balaban J connectivity index is 1.45. The van der Waals surface area contributed by atoms with E-state index in [1.165, 1.54) is 0 Å². The lowest BCUT2D eigenvalue weighted by molar-refractivity contribution is -0.0382. The molecule has 0 aromatic heterocycles. The van der Waals surface area contributed by atoms with Gasteiger partial charge in [-0.15, -0.1) is 0 Å². The predicted octanol–water partition coefficient (Wildman–Crippen LogP) is 0.0475. The van der Waals surface area contributed by atoms with Crippen molar-refractivity contribution >= 4 is 0 Å². The van der Waals surface area contributed by atoms with Crippen LogP contribution in [0.25, 0.3) is 0 Å². The van der Waals surface area contributed by atoms with Gasteiger partial charge in [0.05, 0.1) is 31.0 Å². The second-order valence-corrected chi connectivity index (χ2v) is 5.54. The van der Waals surface area contributed by atoms with Crippen LogP contribution in [-0.4, -0.2) is 60.9 Å². The maximum absolute atomic E-state index is 9.85. The normalized spacial score (nSPS) is 28.0. The Kier molecular flexibility index (Phi) is 5.38. The first kappa shape index (κ1) is 14.2. The van der Waals surface area contributed by atoms with Crippen molar-refractivity contribution in [2.75, 3.05) is 32.9 Å². The van der Waals surface area contributed by atoms with Crippen LogP contribution < -0.4 is 5.32 Å². The van der Waals surface area contributed by atoms with E-state index in [2.05, 4.69) is 5.32 Å². The Bertz CT molecular complexity index is 239. The minimum Gasteiger partial charge on any atom is -0.389 e. The van der Waals surface area contributed by atoms with Crippen LogP contribution in [0.5, 0.6) is 0 Å². The van der Waals surface area contributed by atoms with Crippen molar-refractivity contribution in [1.82, 2.24) is 5.32 Å². The fourth-order valence-corrected chi connectivity index (χ4v) is 2.40. The number of rotatable bonds is 8. The largest absolute Gasteiger partial charge is 0.389 e. The van der Waals surface area contributed by atoms with Crippen LogP contribution in [0, 0.1) is 0 Å². The lowest BCUT2D eigenvalue weighted by Gasteiger charge is -2.36. The molecular formula is C13H25NO4. The van der Waals surface area contributed by atoms with Gasteiger partial charge in [-0.25, -0.2) is 0 Å². The minimum atomic E-state index is -0.529. The summed E-state index contributed by atoms with van der Waals surface area (Å²) >= 11 is 0. The number of aliphatic hydroxyl groups excluding tert-OH is 1. The summed E-state index contributed by atoms with van der Waals surface area (Å²) in [6.45, 7) is 2.76. The molecule has 1 aliphatic carbocycles. The van der Waals surface area contributed by atoms with Gasteiger partial charge in [0.15, 0.2) is 0 Å². The zero-order valence-corrected chi connectivity index (χ0v) is 10.9. The molecule has 1 aliphatic heterocycles. The summed E-state index contributed by atoms with van der Waals surface area (Å²) in [5, 5.41) is 22.6. The Labute approximate surface area is 108 Å². The molecular weight excluding hydrogens is 234 g/mol. The SMILES string of the molecule is OC(CNCC1(O)CCC1)COCC1CCCO1. The maximum Gasteiger partial charge on any atom is 0.0897 e. The molecule has 0 bridgehead atoms. The fourth-order valence-electron chi connectivity index (χ4n) is 2.40. The van der Waals surface area contributed by atoms with E-state index in [-0.39, 0.29) is 6.10 Å². The number of hydrogen-bond donors (Lipinski definition) is 3. The van der Waals surface area contributed by atoms with Gasteiger partial charge < -0.3 is 25.0 Å². The zero-order valence-electron chi connectivity index (χ0n) is 10.9. The van der Waals surface area contributed by atoms with Crippen LogP contribution in [0.2, 0.25) is 0 Å². The van der Waals surface area contributed by atoms with E-state index >= 15 is 0 Å². The molecule has 2 unspecified atom stereocenters. The fraction of sp³-hybridized carbons (Fsp3) is 1.00. The van der Waals surface area contributed by atoms with Gasteiger partial charge in [0.25, 0.3) is 0 Å². The number of nitrogens with one attached hydrogen (secondary N) is 1. The Morgan fingerprint density at radius 1 is 1.39 bits per heavy atom. The number of ether oxygens (including phenoxy) is 2. The molecule has 2 fully saturated rings. The lowest BCUT2D eigenvalue weighted by atomic mass is 9.80. The van der Waals surface area contributed by atoms with E-state index in [9.17, 15) is 10.2 Å². The smallest absolute Gasteiger partial charge is 0.0897 e. The molecule has 0 spiro atoms. The third-order valence-electron chi connectivity index (χ3n) is 3.76. The van der Waals surface area contributed by atoms with Crippen LogP contribution >= 0.6 is 0 Å². The van der Waals surface area contributed by atoms with Gasteiger partial charge in [0.1, 0.15) is 0 Å². The highest BCUT2D eigenvalue weighted by Crippen LogP contribution is 2.30. The first-order valence-corrected chi connectivity index (χ1v) is 6.98. The summed E-state index contributed by atoms with van der Waals surface area (Å²) in [4.78, 5) is 0. The molecule has 2 atom stereocenters. The van der Waals surface area contributed by atoms with E-state index in [1.54, 1.807) is 0 Å². The van der Waals surface area contributed by atoms with Crippen molar-refractivity contribution in [1.29, 1.82) is 0 Å². The molecule has 2 aliphatic rings. The molecule has 5 nitrogen and oxygen atoms in total. The summed E-state index contributed by atoms with van der Waals surface area (Å²) < 4.78 is 10.9. The van der Waals surface area contributed by atoms with E-state index in [0.717, 1.165) is 38.7 Å². The van der Waals surface area contributed by atoms with Crippen molar-refractivity contribution < 1.29 is 19.7 Å². The van der Waals surface area contributed by atoms with Gasteiger partial charge in [0, 0.05) is 19.7 Å². The maximum atomic E-state index is 9.85. The molecule has 5 heteroatoms. The second kappa shape index (κ2) is 6.82. The first-order chi connectivity index (χ1) is 8.68. The standard InChI is InChI=1S/C13H25NO4/c15-11(7-14-10-13(16)4-2-5-13)8-17-9-12-3-1-6-18-12/h11-12,14-16H,1-10H2. The quantitative estimate of drug-likeness (QED) is 0.574. The molecule has 0 aromatic carbocycles. The van der Waals surface area contributed by atoms with E-state index in [1.807, 2.05) is 0 Å². The highest BCUT2D eigenvalue weighted by Gasteiger charge is 2.33. The molecule has 1 heterocycles. The van der Waals surface area contributed by atoms with E-state index in [0.29, 0.717) is 26.3 Å². The van der Waals surface area contributed by atoms with Crippen LogP contribution in [0.15, 0.2) is 0 Å². The molecule has 0 radical (unpaired) electrons. The predicted molar refractivity (Wildman–Crippen MR) is 67.5 cm³/mol. The van der Waals surface area contributed by atoms with Crippen molar-refractivity contribution in [3.05, 3.63) is 0 Å². The first-order valence-electron chi connectivity index (χ1n) is 6.98. The Morgan fingerprint density at radius 2 is 2.22 bits per heavy atom. The van der Waals surface area contributed by atoms with Gasteiger partial charge in [-0.1, -0.05) is 0 Å². The lowest BCUT2D eigenvalue weighted by Crippen LogP contribution is -2.48. The molecule has 18 heavy (non-hydrogen) atoms. The van der Waals surface area contributed by atoms with Crippen molar-refractivity contribution in [2.24, 2.45) is 0 Å². The van der Waals surface area contributed by atoms with Crippen molar-refractivity contribution in [2.45, 2.75) is 49.9 Å². The number of aliphatic hydroxyl groups is 2. The van der Waals surface area contributed by atoms with E-state index in [4.69, 9.17) is 9.47 Å². The molecule has 2 rings (SSSR count). The van der Waals surface area contributed by atoms with Gasteiger partial charge >= 0.3 is 0 Å². The summed E-state index contributed by atoms with van der Waals surface area (Å²) in [6, 6.07) is 0. The average molecular weight is 259 g/mol. The average Bonchev–Trinajstić information content (AvgIpc) is 2.80. The van der Waals surface area contributed by atoms with Crippen molar-refractivity contribution in [3.63, 3.8) is 0 Å². The van der Waals surface area contributed by atoms with Gasteiger partial charge in [-0.05, 0) is 32.1 Å². The molecule has 0 amide bonds. The summed E-state index contributed by atoms with van der Waals surface area (Å²) in [5.74, 6) is 0. The third kappa shape index (κ3) is 4.48. The molecule has 3 N–H and O–H groups in total. The summed E-state index contributed by atoms with van der Waals surface area (Å²) in [7, 11) is 0. The zero-order chi connectivity index (χ0) is 12.8. The third-order valence-corrected chi connectivity index (χ3v) is 3.76. The molecule has 1 saturated heterocycles. The van der Waals surface area contributed by atoms with Gasteiger partial charge in [-0.2, -0.15) is 0 Å². The highest BCUT2D eigenvalue weighted by molar-refractivity contribution is 4.89. The van der Waals surface area contributed by atoms with Crippen LogP contribution in [0.3, 0.4) is 0 Å². The van der Waals surface area contributed by atoms with E-state index < -0.39 is 11.7 Å². The second-order valence-electron chi connectivity index (χ2n) is 5.54. The number of hydrogen-bond acceptors (Lipinski definition) is 5. The molecule has 0 aromatic rings. The molecule has 106 valence electrons. The van der Waals surface area contributed by atoms with Crippen LogP contribution in [-0.2, 0) is 9.47 Å². The van der Waals surface area contributed by atoms with Crippen LogP contribution in [0.1, 0.15) is 32.1 Å².